The van der Waals surface area contributed by atoms with Gasteiger partial charge in [-0.3, -0.25) is 4.79 Å². The van der Waals surface area contributed by atoms with E-state index in [0.717, 1.165) is 42.8 Å². The van der Waals surface area contributed by atoms with Gasteiger partial charge in [0.05, 0.1) is 0 Å². The van der Waals surface area contributed by atoms with Gasteiger partial charge in [-0.15, -0.1) is 0 Å². The maximum absolute atomic E-state index is 12.2. The molecule has 1 amide bonds. The summed E-state index contributed by atoms with van der Waals surface area (Å²) in [7, 11) is 0. The number of rotatable bonds is 3. The molecule has 1 N–H and O–H groups in total. The highest BCUT2D eigenvalue weighted by Gasteiger charge is 2.36. The highest BCUT2D eigenvalue weighted by atomic mass is 16.2. The Morgan fingerprint density at radius 3 is 2.71 bits per heavy atom. The molecule has 0 saturated carbocycles. The molecule has 0 bridgehead atoms. The van der Waals surface area contributed by atoms with Crippen molar-refractivity contribution in [1.82, 2.24) is 10.2 Å². The Morgan fingerprint density at radius 2 is 2.19 bits per heavy atom. The van der Waals surface area contributed by atoms with E-state index in [1.165, 1.54) is 11.1 Å². The second-order valence-electron chi connectivity index (χ2n) is 5.49. The van der Waals surface area contributed by atoms with Gasteiger partial charge >= 0.3 is 0 Å². The van der Waals surface area contributed by atoms with Crippen molar-refractivity contribution in [3.8, 4) is 0 Å². The molecule has 3 heteroatoms. The van der Waals surface area contributed by atoms with Gasteiger partial charge in [-0.05, 0) is 42.9 Å². The molecule has 3 nitrogen and oxygen atoms in total. The van der Waals surface area contributed by atoms with E-state index in [0.29, 0.717) is 0 Å². The Kier molecular flexibility index (Phi) is 4.51. The van der Waals surface area contributed by atoms with Gasteiger partial charge in [0.2, 0.25) is 5.91 Å². The fraction of sp³-hybridized carbons (Fsp3) is 0.389. The Morgan fingerprint density at radius 1 is 1.48 bits per heavy atom. The van der Waals surface area contributed by atoms with Gasteiger partial charge < -0.3 is 10.2 Å². The first-order valence-corrected chi connectivity index (χ1v) is 7.49. The molecule has 0 aromatic carbocycles. The molecule has 21 heavy (non-hydrogen) atoms. The van der Waals surface area contributed by atoms with Crippen molar-refractivity contribution in [1.29, 1.82) is 0 Å². The lowest BCUT2D eigenvalue weighted by Crippen LogP contribution is -2.47. The fourth-order valence-corrected chi connectivity index (χ4v) is 3.13. The summed E-state index contributed by atoms with van der Waals surface area (Å²) in [5.41, 5.74) is 5.37. The summed E-state index contributed by atoms with van der Waals surface area (Å²) in [5, 5.41) is 2.86. The number of carbonyl (C=O) groups is 1. The Hall–Kier alpha value is -2.03. The normalized spacial score (nSPS) is 27.1. The molecule has 2 heterocycles. The third kappa shape index (κ3) is 2.73. The van der Waals surface area contributed by atoms with Crippen molar-refractivity contribution in [3.05, 3.63) is 60.0 Å². The van der Waals surface area contributed by atoms with E-state index in [1.54, 1.807) is 0 Å². The minimum absolute atomic E-state index is 0.0285. The number of allylic oxidation sites excluding steroid dienone is 5. The standard InChI is InChI=1S/C18H24N2O/c1-6-14(7-2)16-11-20(13(5)15(16)8-3)17-10-9-12(4)19-18(17)21/h6,8,17H,1,4-5,7,9-11H2,2-3H3,(H,19,21)/b15-8-,16-14+. The van der Waals surface area contributed by atoms with Gasteiger partial charge in [0.25, 0.3) is 0 Å². The molecule has 112 valence electrons. The number of hydrogen-bond acceptors (Lipinski definition) is 2. The van der Waals surface area contributed by atoms with E-state index >= 15 is 0 Å². The summed E-state index contributed by atoms with van der Waals surface area (Å²) >= 11 is 0. The predicted octanol–water partition coefficient (Wildman–Crippen LogP) is 3.45. The van der Waals surface area contributed by atoms with Crippen molar-refractivity contribution in [2.24, 2.45) is 0 Å². The fourth-order valence-electron chi connectivity index (χ4n) is 3.13. The van der Waals surface area contributed by atoms with E-state index in [4.69, 9.17) is 0 Å². The van der Waals surface area contributed by atoms with Crippen molar-refractivity contribution in [3.63, 3.8) is 0 Å². The van der Waals surface area contributed by atoms with Gasteiger partial charge in [0.1, 0.15) is 6.04 Å². The van der Waals surface area contributed by atoms with Crippen LogP contribution in [-0.4, -0.2) is 23.4 Å². The molecule has 0 radical (unpaired) electrons. The van der Waals surface area contributed by atoms with E-state index in [-0.39, 0.29) is 11.9 Å². The number of hydrogen-bond donors (Lipinski definition) is 1. The van der Waals surface area contributed by atoms with E-state index in [2.05, 4.69) is 43.0 Å². The molecular formula is C18H24N2O. The Labute approximate surface area is 127 Å². The van der Waals surface area contributed by atoms with Crippen LogP contribution in [0.1, 0.15) is 33.1 Å². The third-order valence-electron chi connectivity index (χ3n) is 4.31. The summed E-state index contributed by atoms with van der Waals surface area (Å²) < 4.78 is 0. The van der Waals surface area contributed by atoms with Crippen LogP contribution in [0.15, 0.2) is 60.0 Å². The van der Waals surface area contributed by atoms with Gasteiger partial charge in [-0.1, -0.05) is 38.8 Å². The number of nitrogens with one attached hydrogen (secondary N) is 1. The average Bonchev–Trinajstić information content (AvgIpc) is 2.77. The smallest absolute Gasteiger partial charge is 0.246 e. The van der Waals surface area contributed by atoms with Crippen LogP contribution < -0.4 is 5.32 Å². The van der Waals surface area contributed by atoms with Gasteiger partial charge in [-0.2, -0.15) is 0 Å². The van der Waals surface area contributed by atoms with Crippen molar-refractivity contribution < 1.29 is 4.79 Å². The van der Waals surface area contributed by atoms with Crippen LogP contribution in [0.4, 0.5) is 0 Å². The summed E-state index contributed by atoms with van der Waals surface area (Å²) in [4.78, 5) is 14.4. The number of amides is 1. The number of carbonyl (C=O) groups excluding carboxylic acids is 1. The number of nitrogens with zero attached hydrogens (tertiary/aromatic N) is 1. The molecule has 2 aliphatic heterocycles. The van der Waals surface area contributed by atoms with E-state index in [9.17, 15) is 4.79 Å². The zero-order valence-corrected chi connectivity index (χ0v) is 13.0. The highest BCUT2D eigenvalue weighted by molar-refractivity contribution is 5.85. The van der Waals surface area contributed by atoms with Crippen LogP contribution in [0, 0.1) is 0 Å². The molecule has 0 aromatic heterocycles. The first-order valence-electron chi connectivity index (χ1n) is 7.49. The average molecular weight is 284 g/mol. The second kappa shape index (κ2) is 6.17. The van der Waals surface area contributed by atoms with Crippen molar-refractivity contribution in [2.75, 3.05) is 6.54 Å². The summed E-state index contributed by atoms with van der Waals surface area (Å²) in [6, 6.07) is -0.154. The molecule has 0 spiro atoms. The summed E-state index contributed by atoms with van der Waals surface area (Å²) in [5.74, 6) is 0.0285. The van der Waals surface area contributed by atoms with E-state index < -0.39 is 0 Å². The van der Waals surface area contributed by atoms with E-state index in [1.807, 2.05) is 13.0 Å². The van der Waals surface area contributed by atoms with Gasteiger partial charge in [-0.25, -0.2) is 0 Å². The zero-order valence-electron chi connectivity index (χ0n) is 13.0. The predicted molar refractivity (Wildman–Crippen MR) is 87.4 cm³/mol. The monoisotopic (exact) mass is 284 g/mol. The maximum Gasteiger partial charge on any atom is 0.246 e. The van der Waals surface area contributed by atoms with Crippen LogP contribution in [0.5, 0.6) is 0 Å². The summed E-state index contributed by atoms with van der Waals surface area (Å²) in [6.45, 7) is 16.8. The molecule has 2 aliphatic rings. The van der Waals surface area contributed by atoms with Crippen LogP contribution in [0.3, 0.4) is 0 Å². The Bertz CT molecular complexity index is 566. The molecule has 2 saturated heterocycles. The number of piperidine rings is 1. The first kappa shape index (κ1) is 15.4. The van der Waals surface area contributed by atoms with Gasteiger partial charge in [0, 0.05) is 17.9 Å². The van der Waals surface area contributed by atoms with Gasteiger partial charge in [0.15, 0.2) is 0 Å². The molecule has 0 aliphatic carbocycles. The second-order valence-corrected chi connectivity index (χ2v) is 5.49. The Balaban J connectivity index is 2.34. The van der Waals surface area contributed by atoms with Crippen LogP contribution in [0.2, 0.25) is 0 Å². The molecule has 0 aromatic rings. The lowest BCUT2D eigenvalue weighted by Gasteiger charge is -2.32. The van der Waals surface area contributed by atoms with Crippen LogP contribution in [-0.2, 0) is 4.79 Å². The molecule has 1 atom stereocenters. The molecule has 2 fully saturated rings. The van der Waals surface area contributed by atoms with Crippen LogP contribution in [0.25, 0.3) is 0 Å². The minimum atomic E-state index is -0.154. The number of likely N-dealkylation sites (tertiary alicyclic amines) is 1. The topological polar surface area (TPSA) is 32.3 Å². The summed E-state index contributed by atoms with van der Waals surface area (Å²) in [6.07, 6.45) is 6.55. The van der Waals surface area contributed by atoms with Crippen LogP contribution >= 0.6 is 0 Å². The molecule has 1 unspecified atom stereocenters. The SMILES string of the molecule is C=C/C(CC)=C1/CN(C2CCC(=C)NC2=O)C(=C)/C1=C/C. The van der Waals surface area contributed by atoms with Crippen molar-refractivity contribution in [2.45, 2.75) is 39.2 Å². The molecule has 2 rings (SSSR count). The third-order valence-corrected chi connectivity index (χ3v) is 4.31. The zero-order chi connectivity index (χ0) is 15.6. The lowest BCUT2D eigenvalue weighted by atomic mass is 10.00. The quantitative estimate of drug-likeness (QED) is 0.861. The largest absolute Gasteiger partial charge is 0.355 e. The lowest BCUT2D eigenvalue weighted by molar-refractivity contribution is -0.126. The van der Waals surface area contributed by atoms with Crippen molar-refractivity contribution >= 4 is 5.91 Å². The minimum Gasteiger partial charge on any atom is -0.355 e. The maximum atomic E-state index is 12.2. The molecular weight excluding hydrogens is 260 g/mol. The first-order chi connectivity index (χ1) is 10.0. The highest BCUT2D eigenvalue weighted by Crippen LogP contribution is 2.37.